The minimum absolute atomic E-state index is 0.0970. The standard InChI is InChI=1S/C16H19Cl2N3O/c1-4-12(5-2)22-16(15-9-19-10-21(15)3)20-14-7-6-11(17)8-13(14)18/h6-10,12H,4-5H2,1-3H3. The zero-order chi connectivity index (χ0) is 16.1. The van der Waals surface area contributed by atoms with E-state index in [-0.39, 0.29) is 6.10 Å². The summed E-state index contributed by atoms with van der Waals surface area (Å²) in [6.07, 6.45) is 5.35. The van der Waals surface area contributed by atoms with Gasteiger partial charge in [-0.3, -0.25) is 0 Å². The van der Waals surface area contributed by atoms with Crippen molar-refractivity contribution in [1.29, 1.82) is 0 Å². The van der Waals surface area contributed by atoms with Gasteiger partial charge in [0.05, 0.1) is 23.2 Å². The molecule has 4 nitrogen and oxygen atoms in total. The normalized spacial score (nSPS) is 12.0. The van der Waals surface area contributed by atoms with Crippen LogP contribution in [0, 0.1) is 0 Å². The quantitative estimate of drug-likeness (QED) is 0.567. The highest BCUT2D eigenvalue weighted by molar-refractivity contribution is 6.36. The number of halogens is 2. The number of aryl methyl sites for hydroxylation is 1. The fraction of sp³-hybridized carbons (Fsp3) is 0.375. The number of hydrogen-bond acceptors (Lipinski definition) is 3. The van der Waals surface area contributed by atoms with Crippen LogP contribution in [0.4, 0.5) is 5.69 Å². The van der Waals surface area contributed by atoms with Crippen LogP contribution in [0.5, 0.6) is 0 Å². The lowest BCUT2D eigenvalue weighted by Crippen LogP contribution is -2.19. The van der Waals surface area contributed by atoms with Crippen molar-refractivity contribution < 1.29 is 4.74 Å². The van der Waals surface area contributed by atoms with Crippen LogP contribution in [0.1, 0.15) is 32.4 Å². The summed E-state index contributed by atoms with van der Waals surface area (Å²) < 4.78 is 7.93. The Morgan fingerprint density at radius 3 is 2.59 bits per heavy atom. The van der Waals surface area contributed by atoms with Crippen molar-refractivity contribution in [3.8, 4) is 0 Å². The molecule has 0 aliphatic carbocycles. The van der Waals surface area contributed by atoms with Gasteiger partial charge in [0, 0.05) is 12.1 Å². The van der Waals surface area contributed by atoms with Crippen LogP contribution < -0.4 is 0 Å². The molecule has 0 fully saturated rings. The molecule has 22 heavy (non-hydrogen) atoms. The van der Waals surface area contributed by atoms with E-state index < -0.39 is 0 Å². The Morgan fingerprint density at radius 2 is 2.05 bits per heavy atom. The number of benzene rings is 1. The fourth-order valence-electron chi connectivity index (χ4n) is 2.00. The van der Waals surface area contributed by atoms with E-state index in [0.717, 1.165) is 18.5 Å². The molecule has 0 saturated heterocycles. The van der Waals surface area contributed by atoms with Crippen molar-refractivity contribution in [2.75, 3.05) is 0 Å². The van der Waals surface area contributed by atoms with Crippen molar-refractivity contribution in [2.45, 2.75) is 32.8 Å². The maximum atomic E-state index is 6.21. The molecule has 0 amide bonds. The molecule has 0 unspecified atom stereocenters. The molecule has 6 heteroatoms. The summed E-state index contributed by atoms with van der Waals surface area (Å²) in [5.74, 6) is 0.512. The van der Waals surface area contributed by atoms with E-state index in [1.807, 2.05) is 11.6 Å². The van der Waals surface area contributed by atoms with Gasteiger partial charge in [0.15, 0.2) is 0 Å². The van der Waals surface area contributed by atoms with E-state index in [9.17, 15) is 0 Å². The van der Waals surface area contributed by atoms with Crippen molar-refractivity contribution in [1.82, 2.24) is 9.55 Å². The Labute approximate surface area is 140 Å². The predicted octanol–water partition coefficient (Wildman–Crippen LogP) is 5.01. The number of ether oxygens (including phenoxy) is 1. The average Bonchev–Trinajstić information content (AvgIpc) is 2.92. The first-order chi connectivity index (χ1) is 10.5. The van der Waals surface area contributed by atoms with Gasteiger partial charge in [-0.2, -0.15) is 0 Å². The van der Waals surface area contributed by atoms with Gasteiger partial charge in [-0.05, 0) is 31.0 Å². The van der Waals surface area contributed by atoms with Crippen molar-refractivity contribution >= 4 is 34.8 Å². The highest BCUT2D eigenvalue weighted by Gasteiger charge is 2.15. The molecule has 1 aromatic heterocycles. The lowest BCUT2D eigenvalue weighted by atomic mass is 10.2. The van der Waals surface area contributed by atoms with Crippen LogP contribution >= 0.6 is 23.2 Å². The predicted molar refractivity (Wildman–Crippen MR) is 91.3 cm³/mol. The summed E-state index contributed by atoms with van der Waals surface area (Å²) in [4.78, 5) is 8.71. The zero-order valence-electron chi connectivity index (χ0n) is 12.9. The topological polar surface area (TPSA) is 39.4 Å². The van der Waals surface area contributed by atoms with E-state index in [1.165, 1.54) is 0 Å². The fourth-order valence-corrected chi connectivity index (χ4v) is 2.45. The number of hydrogen-bond donors (Lipinski definition) is 0. The van der Waals surface area contributed by atoms with Gasteiger partial charge < -0.3 is 9.30 Å². The van der Waals surface area contributed by atoms with Gasteiger partial charge >= 0.3 is 0 Å². The Kier molecular flexibility index (Phi) is 5.86. The third kappa shape index (κ3) is 4.02. The second-order valence-electron chi connectivity index (χ2n) is 4.96. The largest absolute Gasteiger partial charge is 0.473 e. The third-order valence-electron chi connectivity index (χ3n) is 3.36. The van der Waals surface area contributed by atoms with Crippen LogP contribution in [0.25, 0.3) is 0 Å². The van der Waals surface area contributed by atoms with Crippen LogP contribution in [0.2, 0.25) is 10.0 Å². The van der Waals surface area contributed by atoms with Gasteiger partial charge in [-0.15, -0.1) is 0 Å². The average molecular weight is 340 g/mol. The molecule has 2 aromatic rings. The van der Waals surface area contributed by atoms with E-state index in [2.05, 4.69) is 23.8 Å². The lowest BCUT2D eigenvalue weighted by Gasteiger charge is -2.17. The molecule has 0 N–H and O–H groups in total. The number of aliphatic imine (C=N–C) groups is 1. The maximum absolute atomic E-state index is 6.21. The van der Waals surface area contributed by atoms with Crippen molar-refractivity contribution in [2.24, 2.45) is 12.0 Å². The summed E-state index contributed by atoms with van der Waals surface area (Å²) in [6, 6.07) is 5.20. The molecule has 118 valence electrons. The first-order valence-electron chi connectivity index (χ1n) is 7.22. The minimum Gasteiger partial charge on any atom is -0.473 e. The molecular weight excluding hydrogens is 321 g/mol. The Morgan fingerprint density at radius 1 is 1.32 bits per heavy atom. The number of imidazole rings is 1. The highest BCUT2D eigenvalue weighted by Crippen LogP contribution is 2.29. The second-order valence-corrected chi connectivity index (χ2v) is 5.80. The molecule has 1 aromatic carbocycles. The molecule has 0 atom stereocenters. The van der Waals surface area contributed by atoms with Crippen LogP contribution in [-0.4, -0.2) is 21.6 Å². The molecule has 2 rings (SSSR count). The van der Waals surface area contributed by atoms with Gasteiger partial charge in [0.2, 0.25) is 5.90 Å². The van der Waals surface area contributed by atoms with Gasteiger partial charge in [-0.25, -0.2) is 9.98 Å². The molecule has 0 aliphatic heterocycles. The van der Waals surface area contributed by atoms with Gasteiger partial charge in [0.25, 0.3) is 0 Å². The minimum atomic E-state index is 0.0970. The van der Waals surface area contributed by atoms with Crippen LogP contribution in [0.3, 0.4) is 0 Å². The molecule has 0 bridgehead atoms. The van der Waals surface area contributed by atoms with E-state index >= 15 is 0 Å². The molecule has 0 aliphatic rings. The second kappa shape index (κ2) is 7.65. The summed E-state index contributed by atoms with van der Waals surface area (Å²) in [6.45, 7) is 4.18. The molecular formula is C16H19Cl2N3O. The summed E-state index contributed by atoms with van der Waals surface area (Å²) >= 11 is 12.1. The molecule has 1 heterocycles. The summed E-state index contributed by atoms with van der Waals surface area (Å²) in [5.41, 5.74) is 1.42. The first kappa shape index (κ1) is 16.8. The third-order valence-corrected chi connectivity index (χ3v) is 3.89. The van der Waals surface area contributed by atoms with Crippen molar-refractivity contribution in [3.63, 3.8) is 0 Å². The van der Waals surface area contributed by atoms with E-state index in [1.54, 1.807) is 30.7 Å². The SMILES string of the molecule is CCC(CC)OC(=Nc1ccc(Cl)cc1Cl)c1cncn1C. The monoisotopic (exact) mass is 339 g/mol. The van der Waals surface area contributed by atoms with E-state index in [0.29, 0.717) is 21.6 Å². The Balaban J connectivity index is 2.43. The summed E-state index contributed by atoms with van der Waals surface area (Å²) in [7, 11) is 1.90. The summed E-state index contributed by atoms with van der Waals surface area (Å²) in [5, 5.41) is 1.06. The lowest BCUT2D eigenvalue weighted by molar-refractivity contribution is 0.179. The first-order valence-corrected chi connectivity index (χ1v) is 7.97. The Bertz CT molecular complexity index is 663. The molecule has 0 spiro atoms. The number of rotatable bonds is 5. The number of aromatic nitrogens is 2. The van der Waals surface area contributed by atoms with Crippen molar-refractivity contribution in [3.05, 3.63) is 46.5 Å². The Hall–Kier alpha value is -1.52. The zero-order valence-corrected chi connectivity index (χ0v) is 14.4. The smallest absolute Gasteiger partial charge is 0.240 e. The van der Waals surface area contributed by atoms with E-state index in [4.69, 9.17) is 27.9 Å². The van der Waals surface area contributed by atoms with Gasteiger partial charge in [0.1, 0.15) is 11.8 Å². The van der Waals surface area contributed by atoms with Crippen LogP contribution in [-0.2, 0) is 11.8 Å². The molecule has 0 radical (unpaired) electrons. The van der Waals surface area contributed by atoms with Crippen LogP contribution in [0.15, 0.2) is 35.7 Å². The maximum Gasteiger partial charge on any atom is 0.240 e. The van der Waals surface area contributed by atoms with Gasteiger partial charge in [-0.1, -0.05) is 37.0 Å². The highest BCUT2D eigenvalue weighted by atomic mass is 35.5. The molecule has 0 saturated carbocycles. The number of nitrogens with zero attached hydrogens (tertiary/aromatic N) is 3.